The lowest BCUT2D eigenvalue weighted by atomic mass is 10.2. The quantitative estimate of drug-likeness (QED) is 0.718. The van der Waals surface area contributed by atoms with Gasteiger partial charge in [0.15, 0.2) is 0 Å². The minimum atomic E-state index is -1.08. The van der Waals surface area contributed by atoms with Crippen molar-refractivity contribution < 1.29 is 18.7 Å². The van der Waals surface area contributed by atoms with Crippen molar-refractivity contribution in [2.75, 3.05) is 0 Å². The summed E-state index contributed by atoms with van der Waals surface area (Å²) in [6.07, 6.45) is 0. The van der Waals surface area contributed by atoms with Crippen LogP contribution in [0.3, 0.4) is 0 Å². The van der Waals surface area contributed by atoms with Gasteiger partial charge in [-0.3, -0.25) is 0 Å². The van der Waals surface area contributed by atoms with E-state index in [4.69, 9.17) is 9.52 Å². The average molecular weight is 302 g/mol. The van der Waals surface area contributed by atoms with E-state index in [2.05, 4.69) is 0 Å². The van der Waals surface area contributed by atoms with Gasteiger partial charge >= 0.3 is 5.97 Å². The number of carbonyl (C=O) groups is 1. The van der Waals surface area contributed by atoms with Crippen molar-refractivity contribution in [2.24, 2.45) is 0 Å². The van der Waals surface area contributed by atoms with E-state index in [-0.39, 0.29) is 11.6 Å². The number of hydrogen-bond acceptors (Lipinski definition) is 3. The zero-order valence-electron chi connectivity index (χ0n) is 10.9. The van der Waals surface area contributed by atoms with Crippen molar-refractivity contribution in [3.8, 4) is 0 Å². The molecule has 3 nitrogen and oxygen atoms in total. The van der Waals surface area contributed by atoms with Crippen molar-refractivity contribution >= 4 is 28.7 Å². The van der Waals surface area contributed by atoms with Crippen molar-refractivity contribution in [1.29, 1.82) is 0 Å². The first-order valence-corrected chi connectivity index (χ1v) is 7.24. The van der Waals surface area contributed by atoms with Crippen molar-refractivity contribution in [2.45, 2.75) is 10.6 Å². The van der Waals surface area contributed by atoms with Gasteiger partial charge in [0, 0.05) is 16.0 Å². The predicted octanol–water partition coefficient (Wildman–Crippen LogP) is 4.56. The van der Waals surface area contributed by atoms with E-state index in [1.165, 1.54) is 18.2 Å². The number of carboxylic acid groups (broad SMARTS) is 1. The summed E-state index contributed by atoms with van der Waals surface area (Å²) in [5, 5.41) is 9.67. The van der Waals surface area contributed by atoms with Gasteiger partial charge in [-0.2, -0.15) is 0 Å². The molecule has 0 amide bonds. The standard InChI is InChI=1S/C16H11FO3S/c17-12-2-4-13(5-3-12)21-9-10-1-6-14-11(7-10)8-15(20-14)16(18)19/h1-8H,9H2,(H,18,19). The number of benzene rings is 2. The van der Waals surface area contributed by atoms with Gasteiger partial charge in [0.2, 0.25) is 5.76 Å². The van der Waals surface area contributed by atoms with Crippen LogP contribution in [0, 0.1) is 5.82 Å². The molecule has 0 aliphatic heterocycles. The minimum absolute atomic E-state index is 0.0617. The SMILES string of the molecule is O=C(O)c1cc2cc(CSc3ccc(F)cc3)ccc2o1. The van der Waals surface area contributed by atoms with Crippen LogP contribution < -0.4 is 0 Å². The average Bonchev–Trinajstić information content (AvgIpc) is 2.90. The molecule has 1 N–H and O–H groups in total. The molecule has 0 radical (unpaired) electrons. The molecule has 0 aliphatic rings. The van der Waals surface area contributed by atoms with Crippen LogP contribution in [0.2, 0.25) is 0 Å². The van der Waals surface area contributed by atoms with Crippen LogP contribution >= 0.6 is 11.8 Å². The van der Waals surface area contributed by atoms with Gasteiger partial charge in [0.1, 0.15) is 11.4 Å². The summed E-state index contributed by atoms with van der Waals surface area (Å²) in [5.74, 6) is -0.669. The molecule has 0 aliphatic carbocycles. The lowest BCUT2D eigenvalue weighted by molar-refractivity contribution is 0.0665. The maximum absolute atomic E-state index is 12.8. The summed E-state index contributed by atoms with van der Waals surface area (Å²) < 4.78 is 18.0. The fraction of sp³-hybridized carbons (Fsp3) is 0.0625. The number of fused-ring (bicyclic) bond motifs is 1. The smallest absolute Gasteiger partial charge is 0.371 e. The maximum atomic E-state index is 12.8. The predicted molar refractivity (Wildman–Crippen MR) is 79.1 cm³/mol. The third-order valence-electron chi connectivity index (χ3n) is 3.01. The molecular weight excluding hydrogens is 291 g/mol. The first-order chi connectivity index (χ1) is 10.1. The molecule has 0 spiro atoms. The van der Waals surface area contributed by atoms with Crippen molar-refractivity contribution in [3.63, 3.8) is 0 Å². The van der Waals surface area contributed by atoms with E-state index < -0.39 is 5.97 Å². The molecule has 3 rings (SSSR count). The second-order valence-electron chi connectivity index (χ2n) is 4.53. The zero-order valence-corrected chi connectivity index (χ0v) is 11.7. The van der Waals surface area contributed by atoms with Gasteiger partial charge in [-0.1, -0.05) is 6.07 Å². The Bertz CT molecular complexity index is 793. The highest BCUT2D eigenvalue weighted by Gasteiger charge is 2.10. The lowest BCUT2D eigenvalue weighted by Crippen LogP contribution is -1.91. The molecule has 1 aromatic heterocycles. The Labute approximate surface area is 124 Å². The van der Waals surface area contributed by atoms with Gasteiger partial charge in [-0.15, -0.1) is 11.8 Å². The number of hydrogen-bond donors (Lipinski definition) is 1. The highest BCUT2D eigenvalue weighted by atomic mass is 32.2. The molecule has 5 heteroatoms. The second-order valence-corrected chi connectivity index (χ2v) is 5.58. The number of furan rings is 1. The van der Waals surface area contributed by atoms with Crippen LogP contribution in [0.5, 0.6) is 0 Å². The van der Waals surface area contributed by atoms with Crippen LogP contribution in [0.1, 0.15) is 16.1 Å². The Balaban J connectivity index is 1.77. The Kier molecular flexibility index (Phi) is 3.66. The minimum Gasteiger partial charge on any atom is -0.475 e. The van der Waals surface area contributed by atoms with Crippen LogP contribution in [-0.2, 0) is 5.75 Å². The molecular formula is C16H11FO3S. The molecule has 1 heterocycles. The van der Waals surface area contributed by atoms with Gasteiger partial charge < -0.3 is 9.52 Å². The normalized spacial score (nSPS) is 10.9. The molecule has 0 saturated carbocycles. The summed E-state index contributed by atoms with van der Waals surface area (Å²) in [6, 6.07) is 13.4. The zero-order chi connectivity index (χ0) is 14.8. The van der Waals surface area contributed by atoms with Crippen LogP contribution in [-0.4, -0.2) is 11.1 Å². The number of halogens is 1. The Morgan fingerprint density at radius 1 is 1.14 bits per heavy atom. The van der Waals surface area contributed by atoms with Crippen molar-refractivity contribution in [1.82, 2.24) is 0 Å². The second kappa shape index (κ2) is 5.61. The molecule has 106 valence electrons. The van der Waals surface area contributed by atoms with E-state index in [1.807, 2.05) is 12.1 Å². The summed E-state index contributed by atoms with van der Waals surface area (Å²) in [7, 11) is 0. The van der Waals surface area contributed by atoms with Gasteiger partial charge in [-0.25, -0.2) is 9.18 Å². The molecule has 0 atom stereocenters. The molecule has 0 bridgehead atoms. The third-order valence-corrected chi connectivity index (χ3v) is 4.09. The molecule has 2 aromatic carbocycles. The van der Waals surface area contributed by atoms with Crippen molar-refractivity contribution in [3.05, 3.63) is 65.7 Å². The largest absolute Gasteiger partial charge is 0.475 e. The lowest BCUT2D eigenvalue weighted by Gasteiger charge is -2.02. The fourth-order valence-electron chi connectivity index (χ4n) is 1.99. The van der Waals surface area contributed by atoms with Crippen LogP contribution in [0.15, 0.2) is 57.8 Å². The number of thioether (sulfide) groups is 1. The summed E-state index contributed by atoms with van der Waals surface area (Å²) in [6.45, 7) is 0. The molecule has 0 saturated heterocycles. The third kappa shape index (κ3) is 3.08. The molecule has 3 aromatic rings. The Morgan fingerprint density at radius 2 is 1.90 bits per heavy atom. The maximum Gasteiger partial charge on any atom is 0.371 e. The van der Waals surface area contributed by atoms with Crippen LogP contribution in [0.25, 0.3) is 11.0 Å². The van der Waals surface area contributed by atoms with Gasteiger partial charge in [-0.05, 0) is 48.0 Å². The summed E-state index contributed by atoms with van der Waals surface area (Å²) in [5.41, 5.74) is 1.61. The van der Waals surface area contributed by atoms with Crippen LogP contribution in [0.4, 0.5) is 4.39 Å². The highest BCUT2D eigenvalue weighted by Crippen LogP contribution is 2.26. The van der Waals surface area contributed by atoms with E-state index >= 15 is 0 Å². The fourth-order valence-corrected chi connectivity index (χ4v) is 2.83. The topological polar surface area (TPSA) is 50.4 Å². The number of aromatic carboxylic acids is 1. The molecule has 0 unspecified atom stereocenters. The number of carboxylic acids is 1. The van der Waals surface area contributed by atoms with E-state index in [1.54, 1.807) is 30.0 Å². The molecule has 0 fully saturated rings. The molecule has 21 heavy (non-hydrogen) atoms. The van der Waals surface area contributed by atoms with Gasteiger partial charge in [0.25, 0.3) is 0 Å². The summed E-state index contributed by atoms with van der Waals surface area (Å²) in [4.78, 5) is 11.8. The Morgan fingerprint density at radius 3 is 2.62 bits per heavy atom. The van der Waals surface area contributed by atoms with Gasteiger partial charge in [0.05, 0.1) is 0 Å². The monoisotopic (exact) mass is 302 g/mol. The Hall–Kier alpha value is -2.27. The highest BCUT2D eigenvalue weighted by molar-refractivity contribution is 7.98. The van der Waals surface area contributed by atoms with E-state index in [0.29, 0.717) is 5.58 Å². The van der Waals surface area contributed by atoms with E-state index in [9.17, 15) is 9.18 Å². The van der Waals surface area contributed by atoms with E-state index in [0.717, 1.165) is 21.6 Å². The first-order valence-electron chi connectivity index (χ1n) is 6.26. The summed E-state index contributed by atoms with van der Waals surface area (Å²) >= 11 is 1.59. The first kappa shape index (κ1) is 13.7. The number of rotatable bonds is 4.